The van der Waals surface area contributed by atoms with E-state index in [4.69, 9.17) is 16.3 Å². The molecule has 1 saturated heterocycles. The third-order valence-electron chi connectivity index (χ3n) is 3.78. The highest BCUT2D eigenvalue weighted by Crippen LogP contribution is 2.32. The zero-order valence-corrected chi connectivity index (χ0v) is 16.4. The van der Waals surface area contributed by atoms with Crippen molar-refractivity contribution in [3.05, 3.63) is 27.5 Å². The van der Waals surface area contributed by atoms with Crippen molar-refractivity contribution in [2.45, 2.75) is 0 Å². The predicted molar refractivity (Wildman–Crippen MR) is 103 cm³/mol. The SMILES string of the molecule is O=C(CNC(=O)c1csc(-c2ccc(Cl)s2)n1)NCCN1CCOCC1. The number of carbonyl (C=O) groups excluding carboxylic acids is 2. The number of aromatic nitrogens is 1. The molecule has 1 aliphatic heterocycles. The number of thiophene rings is 1. The van der Waals surface area contributed by atoms with E-state index in [0.717, 1.165) is 42.7 Å². The van der Waals surface area contributed by atoms with E-state index in [1.165, 1.54) is 22.7 Å². The van der Waals surface area contributed by atoms with E-state index >= 15 is 0 Å². The van der Waals surface area contributed by atoms with Crippen LogP contribution >= 0.6 is 34.3 Å². The maximum absolute atomic E-state index is 12.1. The van der Waals surface area contributed by atoms with Crippen LogP contribution in [0.5, 0.6) is 0 Å². The third-order valence-corrected chi connectivity index (χ3v) is 6.03. The fourth-order valence-electron chi connectivity index (χ4n) is 2.41. The molecule has 26 heavy (non-hydrogen) atoms. The summed E-state index contributed by atoms with van der Waals surface area (Å²) in [6.45, 7) is 4.49. The Kier molecular flexibility index (Phi) is 6.98. The van der Waals surface area contributed by atoms with Gasteiger partial charge in [-0.05, 0) is 12.1 Å². The van der Waals surface area contributed by atoms with E-state index in [0.29, 0.717) is 16.6 Å². The molecule has 0 saturated carbocycles. The second kappa shape index (κ2) is 9.43. The summed E-state index contributed by atoms with van der Waals surface area (Å²) in [7, 11) is 0. The molecule has 1 fully saturated rings. The van der Waals surface area contributed by atoms with Crippen LogP contribution in [0.1, 0.15) is 10.5 Å². The number of rotatable bonds is 7. The van der Waals surface area contributed by atoms with Crippen LogP contribution < -0.4 is 10.6 Å². The molecule has 7 nitrogen and oxygen atoms in total. The molecule has 10 heteroatoms. The molecule has 2 N–H and O–H groups in total. The number of amides is 2. The van der Waals surface area contributed by atoms with E-state index in [-0.39, 0.29) is 18.4 Å². The Balaban J connectivity index is 1.39. The Morgan fingerprint density at radius 3 is 2.81 bits per heavy atom. The summed E-state index contributed by atoms with van der Waals surface area (Å²) >= 11 is 8.70. The Morgan fingerprint density at radius 1 is 1.27 bits per heavy atom. The van der Waals surface area contributed by atoms with Crippen LogP contribution in [0.4, 0.5) is 0 Å². The largest absolute Gasteiger partial charge is 0.379 e. The van der Waals surface area contributed by atoms with E-state index in [9.17, 15) is 9.59 Å². The molecule has 3 rings (SSSR count). The van der Waals surface area contributed by atoms with Gasteiger partial charge in [0, 0.05) is 31.6 Å². The van der Waals surface area contributed by atoms with Gasteiger partial charge in [-0.15, -0.1) is 22.7 Å². The van der Waals surface area contributed by atoms with Gasteiger partial charge in [-0.1, -0.05) is 11.6 Å². The lowest BCUT2D eigenvalue weighted by atomic mass is 10.4. The molecular formula is C16H19ClN4O3S2. The monoisotopic (exact) mass is 414 g/mol. The second-order valence-electron chi connectivity index (χ2n) is 5.63. The Bertz CT molecular complexity index is 758. The highest BCUT2D eigenvalue weighted by molar-refractivity contribution is 7.23. The fraction of sp³-hybridized carbons (Fsp3) is 0.438. The van der Waals surface area contributed by atoms with E-state index in [1.807, 2.05) is 6.07 Å². The molecule has 2 amide bonds. The summed E-state index contributed by atoms with van der Waals surface area (Å²) in [4.78, 5) is 31.4. The minimum atomic E-state index is -0.363. The molecule has 0 aromatic carbocycles. The van der Waals surface area contributed by atoms with Crippen LogP contribution in [-0.2, 0) is 9.53 Å². The highest BCUT2D eigenvalue weighted by Gasteiger charge is 2.14. The maximum atomic E-state index is 12.1. The van der Waals surface area contributed by atoms with Crippen LogP contribution in [-0.4, -0.2) is 67.6 Å². The lowest BCUT2D eigenvalue weighted by Crippen LogP contribution is -2.43. The lowest BCUT2D eigenvalue weighted by Gasteiger charge is -2.26. The van der Waals surface area contributed by atoms with Crippen molar-refractivity contribution >= 4 is 46.1 Å². The van der Waals surface area contributed by atoms with Crippen molar-refractivity contribution in [3.63, 3.8) is 0 Å². The summed E-state index contributed by atoms with van der Waals surface area (Å²) in [5, 5.41) is 7.81. The van der Waals surface area contributed by atoms with Gasteiger partial charge in [-0.25, -0.2) is 4.98 Å². The van der Waals surface area contributed by atoms with Gasteiger partial charge in [0.15, 0.2) is 0 Å². The number of halogens is 1. The average molecular weight is 415 g/mol. The van der Waals surface area contributed by atoms with E-state index < -0.39 is 0 Å². The van der Waals surface area contributed by atoms with Crippen molar-refractivity contribution in [1.29, 1.82) is 0 Å². The van der Waals surface area contributed by atoms with Crippen LogP contribution in [0.15, 0.2) is 17.5 Å². The standard InChI is InChI=1S/C16H19ClN4O3S2/c17-13-2-1-12(26-13)16-20-11(10-25-16)15(23)19-9-14(22)18-3-4-21-5-7-24-8-6-21/h1-2,10H,3-9H2,(H,18,22)(H,19,23). The van der Waals surface area contributed by atoms with Crippen LogP contribution in [0.25, 0.3) is 9.88 Å². The number of nitrogens with one attached hydrogen (secondary N) is 2. The normalized spacial score (nSPS) is 15.0. The zero-order chi connectivity index (χ0) is 18.4. The first-order valence-corrected chi connectivity index (χ1v) is 10.3. The number of hydrogen-bond acceptors (Lipinski definition) is 7. The quantitative estimate of drug-likeness (QED) is 0.720. The number of nitrogens with zero attached hydrogens (tertiary/aromatic N) is 2. The maximum Gasteiger partial charge on any atom is 0.271 e. The molecule has 0 aliphatic carbocycles. The third kappa shape index (κ3) is 5.49. The van der Waals surface area contributed by atoms with Gasteiger partial charge >= 0.3 is 0 Å². The van der Waals surface area contributed by atoms with Crippen molar-refractivity contribution in [1.82, 2.24) is 20.5 Å². The fourth-order valence-corrected chi connectivity index (χ4v) is 4.33. The molecule has 0 radical (unpaired) electrons. The summed E-state index contributed by atoms with van der Waals surface area (Å²) in [6.07, 6.45) is 0. The molecule has 0 atom stereocenters. The molecule has 3 heterocycles. The molecule has 1 aliphatic rings. The minimum absolute atomic E-state index is 0.0698. The van der Waals surface area contributed by atoms with E-state index in [2.05, 4.69) is 20.5 Å². The van der Waals surface area contributed by atoms with Crippen molar-refractivity contribution in [2.24, 2.45) is 0 Å². The Labute approximate surface area is 164 Å². The van der Waals surface area contributed by atoms with Crippen LogP contribution in [0.3, 0.4) is 0 Å². The van der Waals surface area contributed by atoms with Crippen molar-refractivity contribution in [3.8, 4) is 9.88 Å². The van der Waals surface area contributed by atoms with E-state index in [1.54, 1.807) is 11.4 Å². The molecule has 140 valence electrons. The van der Waals surface area contributed by atoms with Crippen molar-refractivity contribution < 1.29 is 14.3 Å². The van der Waals surface area contributed by atoms with Gasteiger partial charge < -0.3 is 15.4 Å². The molecule has 2 aromatic heterocycles. The lowest BCUT2D eigenvalue weighted by molar-refractivity contribution is -0.120. The molecular weight excluding hydrogens is 396 g/mol. The molecule has 2 aromatic rings. The average Bonchev–Trinajstić information content (AvgIpc) is 3.29. The van der Waals surface area contributed by atoms with Gasteiger partial charge in [0.25, 0.3) is 5.91 Å². The predicted octanol–water partition coefficient (Wildman–Crippen LogP) is 1.70. The number of carbonyl (C=O) groups is 2. The first-order chi connectivity index (χ1) is 12.6. The number of thiazole rings is 1. The summed E-state index contributed by atoms with van der Waals surface area (Å²) in [6, 6.07) is 3.67. The molecule has 0 unspecified atom stereocenters. The minimum Gasteiger partial charge on any atom is -0.379 e. The first kappa shape index (κ1) is 19.2. The number of hydrogen-bond donors (Lipinski definition) is 2. The smallest absolute Gasteiger partial charge is 0.271 e. The molecule has 0 spiro atoms. The second-order valence-corrected chi connectivity index (χ2v) is 8.20. The summed E-state index contributed by atoms with van der Waals surface area (Å²) in [5.74, 6) is -0.578. The summed E-state index contributed by atoms with van der Waals surface area (Å²) in [5.41, 5.74) is 0.302. The van der Waals surface area contributed by atoms with Gasteiger partial charge in [0.2, 0.25) is 5.91 Å². The van der Waals surface area contributed by atoms with Crippen molar-refractivity contribution in [2.75, 3.05) is 45.9 Å². The van der Waals surface area contributed by atoms with Gasteiger partial charge in [-0.2, -0.15) is 0 Å². The number of morpholine rings is 1. The van der Waals surface area contributed by atoms with Crippen LogP contribution in [0, 0.1) is 0 Å². The topological polar surface area (TPSA) is 83.6 Å². The molecule has 0 bridgehead atoms. The Morgan fingerprint density at radius 2 is 2.08 bits per heavy atom. The first-order valence-electron chi connectivity index (χ1n) is 8.18. The highest BCUT2D eigenvalue weighted by atomic mass is 35.5. The van der Waals surface area contributed by atoms with Gasteiger partial charge in [0.05, 0.1) is 29.0 Å². The zero-order valence-electron chi connectivity index (χ0n) is 14.0. The number of ether oxygens (including phenoxy) is 1. The van der Waals surface area contributed by atoms with Crippen LogP contribution in [0.2, 0.25) is 4.34 Å². The van der Waals surface area contributed by atoms with Gasteiger partial charge in [0.1, 0.15) is 10.7 Å². The Hall–Kier alpha value is -1.52. The van der Waals surface area contributed by atoms with Gasteiger partial charge in [-0.3, -0.25) is 14.5 Å². The summed E-state index contributed by atoms with van der Waals surface area (Å²) < 4.78 is 5.95.